The average Bonchev–Trinajstić information content (AvgIpc) is 2.89. The lowest BCUT2D eigenvalue weighted by Gasteiger charge is -2.12. The summed E-state index contributed by atoms with van der Waals surface area (Å²) in [6.07, 6.45) is 0. The molecule has 0 aliphatic rings. The van der Waals surface area contributed by atoms with Crippen molar-refractivity contribution in [1.82, 2.24) is 9.97 Å². The SMILES string of the molecule is CC(C)c1ccccc1Nc1nc2c(C(N)=O)cccc2[nH]1. The zero-order valence-electron chi connectivity index (χ0n) is 12.6. The molecule has 22 heavy (non-hydrogen) atoms. The molecule has 0 radical (unpaired) electrons. The minimum atomic E-state index is -0.480. The van der Waals surface area contributed by atoms with Gasteiger partial charge in [-0.3, -0.25) is 4.79 Å². The molecule has 0 unspecified atom stereocenters. The number of amides is 1. The van der Waals surface area contributed by atoms with E-state index in [1.54, 1.807) is 12.1 Å². The van der Waals surface area contributed by atoms with Gasteiger partial charge >= 0.3 is 0 Å². The molecule has 1 aromatic heterocycles. The highest BCUT2D eigenvalue weighted by molar-refractivity contribution is 6.04. The summed E-state index contributed by atoms with van der Waals surface area (Å²) in [7, 11) is 0. The molecule has 3 aromatic rings. The molecule has 112 valence electrons. The molecule has 0 saturated heterocycles. The van der Waals surface area contributed by atoms with Crippen molar-refractivity contribution in [3.63, 3.8) is 0 Å². The van der Waals surface area contributed by atoms with E-state index in [1.807, 2.05) is 24.3 Å². The van der Waals surface area contributed by atoms with Crippen LogP contribution in [0.1, 0.15) is 35.7 Å². The minimum absolute atomic E-state index is 0.397. The molecule has 4 N–H and O–H groups in total. The van der Waals surface area contributed by atoms with Crippen LogP contribution in [-0.2, 0) is 0 Å². The Bertz CT molecular complexity index is 836. The first-order valence-corrected chi connectivity index (χ1v) is 7.20. The van der Waals surface area contributed by atoms with E-state index in [0.29, 0.717) is 22.9 Å². The van der Waals surface area contributed by atoms with Crippen molar-refractivity contribution >= 4 is 28.6 Å². The van der Waals surface area contributed by atoms with Crippen LogP contribution in [0.3, 0.4) is 0 Å². The van der Waals surface area contributed by atoms with Gasteiger partial charge in [0.05, 0.1) is 11.1 Å². The van der Waals surface area contributed by atoms with E-state index in [0.717, 1.165) is 11.2 Å². The number of aromatic amines is 1. The van der Waals surface area contributed by atoms with Crippen LogP contribution in [0.4, 0.5) is 11.6 Å². The maximum atomic E-state index is 11.5. The summed E-state index contributed by atoms with van der Waals surface area (Å²) in [5, 5.41) is 3.29. The first-order valence-electron chi connectivity index (χ1n) is 7.20. The number of aromatic nitrogens is 2. The number of hydrogen-bond acceptors (Lipinski definition) is 3. The lowest BCUT2D eigenvalue weighted by molar-refractivity contribution is 0.100. The van der Waals surface area contributed by atoms with Gasteiger partial charge in [-0.05, 0) is 29.7 Å². The summed E-state index contributed by atoms with van der Waals surface area (Å²) in [6, 6.07) is 13.4. The second-order valence-corrected chi connectivity index (χ2v) is 5.52. The van der Waals surface area contributed by atoms with E-state index in [9.17, 15) is 4.79 Å². The predicted octanol–water partition coefficient (Wildman–Crippen LogP) is 3.53. The van der Waals surface area contributed by atoms with Gasteiger partial charge in [0, 0.05) is 5.69 Å². The van der Waals surface area contributed by atoms with Gasteiger partial charge in [-0.15, -0.1) is 0 Å². The van der Waals surface area contributed by atoms with Crippen LogP contribution < -0.4 is 11.1 Å². The van der Waals surface area contributed by atoms with Gasteiger partial charge in [-0.2, -0.15) is 0 Å². The number of imidazole rings is 1. The van der Waals surface area contributed by atoms with Crippen LogP contribution >= 0.6 is 0 Å². The van der Waals surface area contributed by atoms with E-state index in [4.69, 9.17) is 5.73 Å². The molecule has 0 bridgehead atoms. The van der Waals surface area contributed by atoms with Gasteiger partial charge in [0.1, 0.15) is 5.52 Å². The van der Waals surface area contributed by atoms with Gasteiger partial charge in [-0.1, -0.05) is 38.1 Å². The summed E-state index contributed by atoms with van der Waals surface area (Å²) >= 11 is 0. The number of para-hydroxylation sites is 2. The van der Waals surface area contributed by atoms with Gasteiger partial charge in [0.25, 0.3) is 5.91 Å². The lowest BCUT2D eigenvalue weighted by atomic mass is 10.0. The maximum Gasteiger partial charge on any atom is 0.250 e. The van der Waals surface area contributed by atoms with Crippen LogP contribution in [0.15, 0.2) is 42.5 Å². The van der Waals surface area contributed by atoms with Crippen LogP contribution in [0.2, 0.25) is 0 Å². The number of anilines is 2. The molecule has 0 fully saturated rings. The number of H-pyrrole nitrogens is 1. The number of rotatable bonds is 4. The Hall–Kier alpha value is -2.82. The van der Waals surface area contributed by atoms with Crippen LogP contribution in [0, 0.1) is 0 Å². The molecular formula is C17H18N4O. The van der Waals surface area contributed by atoms with Crippen LogP contribution in [0.5, 0.6) is 0 Å². The Kier molecular flexibility index (Phi) is 3.55. The molecule has 0 atom stereocenters. The molecule has 1 amide bonds. The van der Waals surface area contributed by atoms with E-state index in [-0.39, 0.29) is 0 Å². The summed E-state index contributed by atoms with van der Waals surface area (Å²) in [4.78, 5) is 19.1. The monoisotopic (exact) mass is 294 g/mol. The molecule has 2 aromatic carbocycles. The third-order valence-electron chi connectivity index (χ3n) is 3.61. The molecule has 5 nitrogen and oxygen atoms in total. The molecule has 1 heterocycles. The van der Waals surface area contributed by atoms with Crippen molar-refractivity contribution in [3.05, 3.63) is 53.6 Å². The quantitative estimate of drug-likeness (QED) is 0.688. The number of hydrogen-bond donors (Lipinski definition) is 3. The number of carbonyl (C=O) groups is 1. The fraction of sp³-hybridized carbons (Fsp3) is 0.176. The lowest BCUT2D eigenvalue weighted by Crippen LogP contribution is -2.11. The highest BCUT2D eigenvalue weighted by Crippen LogP contribution is 2.27. The maximum absolute atomic E-state index is 11.5. The largest absolute Gasteiger partial charge is 0.366 e. The Morgan fingerprint density at radius 1 is 1.18 bits per heavy atom. The van der Waals surface area contributed by atoms with Crippen molar-refractivity contribution < 1.29 is 4.79 Å². The zero-order valence-corrected chi connectivity index (χ0v) is 12.6. The van der Waals surface area contributed by atoms with Crippen LogP contribution in [0.25, 0.3) is 11.0 Å². The highest BCUT2D eigenvalue weighted by Gasteiger charge is 2.12. The Morgan fingerprint density at radius 2 is 1.95 bits per heavy atom. The van der Waals surface area contributed by atoms with E-state index >= 15 is 0 Å². The summed E-state index contributed by atoms with van der Waals surface area (Å²) in [6.45, 7) is 4.29. The average molecular weight is 294 g/mol. The Labute approximate surface area is 128 Å². The number of benzene rings is 2. The van der Waals surface area contributed by atoms with E-state index in [2.05, 4.69) is 35.2 Å². The third-order valence-corrected chi connectivity index (χ3v) is 3.61. The third kappa shape index (κ3) is 2.53. The normalized spacial score (nSPS) is 11.0. The molecule has 0 aliphatic heterocycles. The van der Waals surface area contributed by atoms with Crippen molar-refractivity contribution in [2.45, 2.75) is 19.8 Å². The number of nitrogens with zero attached hydrogens (tertiary/aromatic N) is 1. The zero-order chi connectivity index (χ0) is 15.7. The fourth-order valence-corrected chi connectivity index (χ4v) is 2.53. The Balaban J connectivity index is 2.02. The standard InChI is InChI=1S/C17H18N4O/c1-10(2)11-6-3-4-8-13(11)19-17-20-14-9-5-7-12(16(18)22)15(14)21-17/h3-10H,1-2H3,(H2,18,22)(H2,19,20,21). The Morgan fingerprint density at radius 3 is 2.68 bits per heavy atom. The fourth-order valence-electron chi connectivity index (χ4n) is 2.53. The highest BCUT2D eigenvalue weighted by atomic mass is 16.1. The number of nitrogens with one attached hydrogen (secondary N) is 2. The van der Waals surface area contributed by atoms with Crippen molar-refractivity contribution in [3.8, 4) is 0 Å². The number of primary amides is 1. The molecule has 0 saturated carbocycles. The van der Waals surface area contributed by atoms with Crippen molar-refractivity contribution in [1.29, 1.82) is 0 Å². The number of carbonyl (C=O) groups excluding carboxylic acids is 1. The molecule has 0 spiro atoms. The van der Waals surface area contributed by atoms with Crippen molar-refractivity contribution in [2.75, 3.05) is 5.32 Å². The van der Waals surface area contributed by atoms with Crippen molar-refractivity contribution in [2.24, 2.45) is 5.73 Å². The van der Waals surface area contributed by atoms with Gasteiger partial charge in [-0.25, -0.2) is 4.98 Å². The smallest absolute Gasteiger partial charge is 0.250 e. The predicted molar refractivity (Wildman–Crippen MR) is 88.4 cm³/mol. The number of fused-ring (bicyclic) bond motifs is 1. The van der Waals surface area contributed by atoms with Gasteiger partial charge in [0.15, 0.2) is 0 Å². The first kappa shape index (κ1) is 14.1. The topological polar surface area (TPSA) is 83.8 Å². The summed E-state index contributed by atoms with van der Waals surface area (Å²) in [5.74, 6) is 0.511. The number of nitrogens with two attached hydrogens (primary N) is 1. The minimum Gasteiger partial charge on any atom is -0.366 e. The van der Waals surface area contributed by atoms with E-state index in [1.165, 1.54) is 5.56 Å². The molecule has 5 heteroatoms. The summed E-state index contributed by atoms with van der Waals surface area (Å²) in [5.41, 5.74) is 9.37. The second kappa shape index (κ2) is 5.52. The van der Waals surface area contributed by atoms with Crippen LogP contribution in [-0.4, -0.2) is 15.9 Å². The van der Waals surface area contributed by atoms with Gasteiger partial charge in [0.2, 0.25) is 5.95 Å². The second-order valence-electron chi connectivity index (χ2n) is 5.52. The molecule has 0 aliphatic carbocycles. The molecular weight excluding hydrogens is 276 g/mol. The van der Waals surface area contributed by atoms with Gasteiger partial charge < -0.3 is 16.0 Å². The molecule has 3 rings (SSSR count). The van der Waals surface area contributed by atoms with E-state index < -0.39 is 5.91 Å². The first-order chi connectivity index (χ1) is 10.6. The summed E-state index contributed by atoms with van der Waals surface area (Å²) < 4.78 is 0.